The number of anilines is 1. The van der Waals surface area contributed by atoms with E-state index in [1.807, 2.05) is 0 Å². The Bertz CT molecular complexity index is 889. The van der Waals surface area contributed by atoms with Crippen molar-refractivity contribution >= 4 is 11.7 Å². The van der Waals surface area contributed by atoms with Crippen LogP contribution in [-0.4, -0.2) is 20.8 Å². The van der Waals surface area contributed by atoms with E-state index < -0.39 is 23.4 Å². The summed E-state index contributed by atoms with van der Waals surface area (Å²) in [5.41, 5.74) is 1.74. The van der Waals surface area contributed by atoms with Crippen LogP contribution in [0.2, 0.25) is 0 Å². The number of para-hydroxylation sites is 1. The molecule has 25 heavy (non-hydrogen) atoms. The van der Waals surface area contributed by atoms with E-state index in [1.165, 1.54) is 6.07 Å². The molecule has 0 atom stereocenters. The van der Waals surface area contributed by atoms with Gasteiger partial charge in [0.2, 0.25) is 0 Å². The maximum atomic E-state index is 13.6. The molecule has 0 aliphatic carbocycles. The lowest BCUT2D eigenvalue weighted by Gasteiger charge is -2.11. The number of rotatable bonds is 4. The molecule has 0 radical (unpaired) electrons. The van der Waals surface area contributed by atoms with Gasteiger partial charge in [-0.05, 0) is 23.8 Å². The highest BCUT2D eigenvalue weighted by molar-refractivity contribution is 5.89. The Morgan fingerprint density at radius 1 is 1.20 bits per heavy atom. The van der Waals surface area contributed by atoms with Crippen molar-refractivity contribution in [3.63, 3.8) is 0 Å². The van der Waals surface area contributed by atoms with Gasteiger partial charge in [-0.3, -0.25) is 9.67 Å². The van der Waals surface area contributed by atoms with Crippen LogP contribution < -0.4 is 10.6 Å². The van der Waals surface area contributed by atoms with Gasteiger partial charge < -0.3 is 10.6 Å². The Morgan fingerprint density at radius 3 is 2.64 bits per heavy atom. The molecular formula is C17H15F2N5O. The van der Waals surface area contributed by atoms with Gasteiger partial charge in [0.15, 0.2) is 0 Å². The molecule has 2 N–H and O–H groups in total. The molecule has 8 heteroatoms. The molecule has 0 bridgehead atoms. The third-order valence-corrected chi connectivity index (χ3v) is 3.51. The summed E-state index contributed by atoms with van der Waals surface area (Å²) in [5, 5.41) is 8.84. The van der Waals surface area contributed by atoms with Gasteiger partial charge in [-0.2, -0.15) is 5.10 Å². The molecule has 2 amide bonds. The first-order valence-electron chi connectivity index (χ1n) is 7.46. The van der Waals surface area contributed by atoms with Crippen LogP contribution in [0.1, 0.15) is 5.56 Å². The SMILES string of the molecule is Cn1cc(-c2ncccc2CNC(=O)Nc2c(F)cccc2F)cn1. The van der Waals surface area contributed by atoms with E-state index in [9.17, 15) is 13.6 Å². The zero-order valence-electron chi connectivity index (χ0n) is 13.3. The lowest BCUT2D eigenvalue weighted by molar-refractivity contribution is 0.251. The maximum Gasteiger partial charge on any atom is 0.319 e. The van der Waals surface area contributed by atoms with Crippen molar-refractivity contribution in [1.82, 2.24) is 20.1 Å². The number of nitrogens with zero attached hydrogens (tertiary/aromatic N) is 3. The number of benzene rings is 1. The number of hydrogen-bond acceptors (Lipinski definition) is 3. The lowest BCUT2D eigenvalue weighted by Crippen LogP contribution is -2.29. The second kappa shape index (κ2) is 7.08. The number of hydrogen-bond donors (Lipinski definition) is 2. The van der Waals surface area contributed by atoms with Gasteiger partial charge in [-0.15, -0.1) is 0 Å². The standard InChI is InChI=1S/C17H15F2N5O/c1-24-10-12(9-22-24)15-11(4-3-7-20-15)8-21-17(25)23-16-13(18)5-2-6-14(16)19/h2-7,9-10H,8H2,1H3,(H2,21,23,25). The monoisotopic (exact) mass is 343 g/mol. The van der Waals surface area contributed by atoms with Crippen molar-refractivity contribution in [2.45, 2.75) is 6.54 Å². The quantitative estimate of drug-likeness (QED) is 0.765. The van der Waals surface area contributed by atoms with Gasteiger partial charge >= 0.3 is 6.03 Å². The summed E-state index contributed by atoms with van der Waals surface area (Å²) in [4.78, 5) is 16.3. The molecule has 0 aliphatic heterocycles. The topological polar surface area (TPSA) is 71.8 Å². The number of amides is 2. The summed E-state index contributed by atoms with van der Waals surface area (Å²) in [6.07, 6.45) is 5.11. The van der Waals surface area contributed by atoms with Crippen molar-refractivity contribution in [1.29, 1.82) is 0 Å². The molecule has 0 aliphatic rings. The normalized spacial score (nSPS) is 10.5. The molecule has 6 nitrogen and oxygen atoms in total. The molecule has 0 unspecified atom stereocenters. The highest BCUT2D eigenvalue weighted by atomic mass is 19.1. The van der Waals surface area contributed by atoms with E-state index in [2.05, 4.69) is 20.7 Å². The fraction of sp³-hybridized carbons (Fsp3) is 0.118. The Balaban J connectivity index is 1.71. The van der Waals surface area contributed by atoms with Crippen LogP contribution in [0, 0.1) is 11.6 Å². The van der Waals surface area contributed by atoms with Gasteiger partial charge in [0.05, 0.1) is 11.9 Å². The van der Waals surface area contributed by atoms with Crippen molar-refractivity contribution < 1.29 is 13.6 Å². The van der Waals surface area contributed by atoms with Gasteiger partial charge in [-0.25, -0.2) is 13.6 Å². The second-order valence-electron chi connectivity index (χ2n) is 5.32. The van der Waals surface area contributed by atoms with Gasteiger partial charge in [0.1, 0.15) is 17.3 Å². The smallest absolute Gasteiger partial charge is 0.319 e. The molecular weight excluding hydrogens is 328 g/mol. The Morgan fingerprint density at radius 2 is 1.96 bits per heavy atom. The van der Waals surface area contributed by atoms with E-state index in [1.54, 1.807) is 42.5 Å². The molecule has 0 saturated heterocycles. The van der Waals surface area contributed by atoms with Gasteiger partial charge in [0.25, 0.3) is 0 Å². The fourth-order valence-corrected chi connectivity index (χ4v) is 2.34. The molecule has 2 heterocycles. The Kier molecular flexibility index (Phi) is 4.69. The van der Waals surface area contributed by atoms with Crippen molar-refractivity contribution in [2.75, 3.05) is 5.32 Å². The largest absolute Gasteiger partial charge is 0.334 e. The Hall–Kier alpha value is -3.29. The molecule has 1 aromatic carbocycles. The third kappa shape index (κ3) is 3.79. The van der Waals surface area contributed by atoms with E-state index in [-0.39, 0.29) is 6.54 Å². The predicted molar refractivity (Wildman–Crippen MR) is 88.7 cm³/mol. The third-order valence-electron chi connectivity index (χ3n) is 3.51. The minimum Gasteiger partial charge on any atom is -0.334 e. The van der Waals surface area contributed by atoms with Crippen molar-refractivity contribution in [3.8, 4) is 11.3 Å². The first kappa shape index (κ1) is 16.6. The molecule has 3 aromatic rings. The van der Waals surface area contributed by atoms with E-state index >= 15 is 0 Å². The van der Waals surface area contributed by atoms with Crippen molar-refractivity contribution in [3.05, 3.63) is 66.1 Å². The summed E-state index contributed by atoms with van der Waals surface area (Å²) >= 11 is 0. The van der Waals surface area contributed by atoms with E-state index in [0.29, 0.717) is 5.69 Å². The van der Waals surface area contributed by atoms with Crippen LogP contribution in [0.25, 0.3) is 11.3 Å². The second-order valence-corrected chi connectivity index (χ2v) is 5.32. The maximum absolute atomic E-state index is 13.6. The first-order chi connectivity index (χ1) is 12.0. The molecule has 0 saturated carbocycles. The molecule has 128 valence electrons. The number of carbonyl (C=O) groups is 1. The number of aryl methyl sites for hydroxylation is 1. The minimum atomic E-state index is -0.840. The number of aromatic nitrogens is 3. The summed E-state index contributed by atoms with van der Waals surface area (Å²) in [6, 6.07) is 6.19. The first-order valence-corrected chi connectivity index (χ1v) is 7.46. The fourth-order valence-electron chi connectivity index (χ4n) is 2.34. The van der Waals surface area contributed by atoms with E-state index in [0.717, 1.165) is 23.3 Å². The lowest BCUT2D eigenvalue weighted by atomic mass is 10.1. The van der Waals surface area contributed by atoms with Gasteiger partial charge in [0, 0.05) is 31.5 Å². The van der Waals surface area contributed by atoms with E-state index in [4.69, 9.17) is 0 Å². The molecule has 3 rings (SSSR count). The zero-order valence-corrected chi connectivity index (χ0v) is 13.3. The van der Waals surface area contributed by atoms with Crippen molar-refractivity contribution in [2.24, 2.45) is 7.05 Å². The summed E-state index contributed by atoms with van der Waals surface area (Å²) in [5.74, 6) is -1.68. The number of halogens is 2. The number of carbonyl (C=O) groups excluding carboxylic acids is 1. The van der Waals surface area contributed by atoms with Gasteiger partial charge in [-0.1, -0.05) is 12.1 Å². The number of urea groups is 1. The minimum absolute atomic E-state index is 0.139. The molecule has 2 aromatic heterocycles. The van der Waals surface area contributed by atoms with Crippen LogP contribution in [0.15, 0.2) is 48.9 Å². The predicted octanol–water partition coefficient (Wildman–Crippen LogP) is 3.08. The number of pyridine rings is 1. The van der Waals surface area contributed by atoms with Crippen LogP contribution in [0.4, 0.5) is 19.3 Å². The average Bonchev–Trinajstić information content (AvgIpc) is 3.03. The van der Waals surface area contributed by atoms with Crippen LogP contribution in [0.3, 0.4) is 0 Å². The average molecular weight is 343 g/mol. The summed E-state index contributed by atoms with van der Waals surface area (Å²) in [6.45, 7) is 0.139. The zero-order chi connectivity index (χ0) is 17.8. The summed E-state index contributed by atoms with van der Waals surface area (Å²) < 4.78 is 28.8. The highest BCUT2D eigenvalue weighted by Crippen LogP contribution is 2.21. The molecule has 0 spiro atoms. The summed E-state index contributed by atoms with van der Waals surface area (Å²) in [7, 11) is 1.79. The highest BCUT2D eigenvalue weighted by Gasteiger charge is 2.13. The van der Waals surface area contributed by atoms with Crippen LogP contribution in [-0.2, 0) is 13.6 Å². The Labute approximate surface area is 142 Å². The van der Waals surface area contributed by atoms with Crippen LogP contribution >= 0.6 is 0 Å². The molecule has 0 fully saturated rings. The number of nitrogens with one attached hydrogen (secondary N) is 2. The van der Waals surface area contributed by atoms with Crippen LogP contribution in [0.5, 0.6) is 0 Å².